The Labute approximate surface area is 440 Å². The predicted molar refractivity (Wildman–Crippen MR) is 293 cm³/mol. The molecule has 4 aliphatic rings. The molecule has 0 unspecified atom stereocenters. The minimum Gasteiger partial charge on any atom is -0.489 e. The van der Waals surface area contributed by atoms with Crippen molar-refractivity contribution in [2.24, 2.45) is 14.1 Å². The fourth-order valence-corrected chi connectivity index (χ4v) is 11.8. The Hall–Kier alpha value is -6.16. The van der Waals surface area contributed by atoms with Gasteiger partial charge < -0.3 is 28.5 Å². The first-order chi connectivity index (χ1) is 35.1. The van der Waals surface area contributed by atoms with Crippen LogP contribution in [0.2, 0.25) is 0 Å². The number of ether oxygens (including phenoxy) is 3. The third-order valence-electron chi connectivity index (χ3n) is 17.0. The minimum absolute atomic E-state index is 0.00291. The van der Waals surface area contributed by atoms with Crippen LogP contribution in [-0.4, -0.2) is 42.8 Å². The number of aliphatic carboxylic acids is 1. The van der Waals surface area contributed by atoms with E-state index in [1.54, 1.807) is 12.4 Å². The number of benzene rings is 4. The summed E-state index contributed by atoms with van der Waals surface area (Å²) in [6, 6.07) is 25.9. The van der Waals surface area contributed by atoms with Crippen LogP contribution in [0, 0.1) is 0 Å². The van der Waals surface area contributed by atoms with Crippen LogP contribution in [0.4, 0.5) is 0 Å². The van der Waals surface area contributed by atoms with E-state index in [1.165, 1.54) is 95.9 Å². The predicted octanol–water partition coefficient (Wildman–Crippen LogP) is 14.1. The highest BCUT2D eigenvalue weighted by Gasteiger charge is 2.41. The van der Waals surface area contributed by atoms with Crippen molar-refractivity contribution in [2.75, 3.05) is 6.61 Å². The molecular formula is C64H80N4O6. The van der Waals surface area contributed by atoms with Crippen LogP contribution in [0.5, 0.6) is 11.5 Å². The lowest BCUT2D eigenvalue weighted by Crippen LogP contribution is -2.34. The normalized spacial score (nSPS) is 18.7. The maximum absolute atomic E-state index is 12.4. The SMILES string of the molecule is CCOC(=O)C[C@@H](c1ccc(OCc2cc3c(cc2C2CC2)C(C)(C)CCC3(C)C)cc1)c1nccn1C.Cn1ccnc1[C@@H](CC(=O)O)c1ccc(OCc2cc3c(cc2C2CC2)C(C)(C)CCC3(C)C)cc1. The van der Waals surface area contributed by atoms with E-state index in [2.05, 4.69) is 89.6 Å². The monoisotopic (exact) mass is 1000 g/mol. The standard InChI is InChI=1S/C33H42N2O3.C31H38N2O3/c1-7-37-30(36)20-27(31-34-16-17-35(31)6)23-10-12-25(13-11-23)38-21-24-18-28-29(19-26(24)22-8-9-22)33(4,5)15-14-32(28,2)3;1-30(2)12-13-31(3,4)27-17-24(20-6-7-20)22(16-26(27)30)19-36-23-10-8-21(9-11-23)25(18-28(34)35)29-32-14-15-33(29)5/h10-13,16-19,22,27H,7-9,14-15,20-21H2,1-6H3;8-11,14-17,20,25H,6-7,12-13,18-19H2,1-5H3,(H,34,35)/t27-;25-/m00/s1. The van der Waals surface area contributed by atoms with Gasteiger partial charge in [-0.1, -0.05) is 104 Å². The summed E-state index contributed by atoms with van der Waals surface area (Å²) in [5, 5.41) is 9.47. The Morgan fingerprint density at radius 1 is 0.581 bits per heavy atom. The molecule has 10 rings (SSSR count). The number of fused-ring (bicyclic) bond motifs is 2. The van der Waals surface area contributed by atoms with Gasteiger partial charge >= 0.3 is 11.9 Å². The van der Waals surface area contributed by atoms with Crippen molar-refractivity contribution < 1.29 is 28.9 Å². The first-order valence-electron chi connectivity index (χ1n) is 27.3. The number of nitrogens with zero attached hydrogens (tertiary/aromatic N) is 4. The van der Waals surface area contributed by atoms with E-state index in [0.29, 0.717) is 31.7 Å². The van der Waals surface area contributed by atoms with Gasteiger partial charge in [-0.25, -0.2) is 9.97 Å². The molecule has 0 bridgehead atoms. The fraction of sp³-hybridized carbons (Fsp3) is 0.500. The maximum Gasteiger partial charge on any atom is 0.306 e. The fourth-order valence-electron chi connectivity index (χ4n) is 11.8. The molecule has 4 aliphatic carbocycles. The van der Waals surface area contributed by atoms with Gasteiger partial charge in [0.2, 0.25) is 0 Å². The van der Waals surface area contributed by atoms with E-state index < -0.39 is 5.97 Å². The van der Waals surface area contributed by atoms with E-state index >= 15 is 0 Å². The first-order valence-corrected chi connectivity index (χ1v) is 27.3. The molecule has 1 N–H and O–H groups in total. The van der Waals surface area contributed by atoms with Crippen molar-refractivity contribution in [2.45, 2.75) is 185 Å². The first kappa shape index (κ1) is 52.7. The Morgan fingerprint density at radius 3 is 1.27 bits per heavy atom. The van der Waals surface area contributed by atoms with E-state index in [1.807, 2.05) is 91.1 Å². The number of aromatic nitrogens is 4. The average Bonchev–Trinajstić information content (AvgIpc) is 4.31. The molecule has 74 heavy (non-hydrogen) atoms. The molecule has 10 heteroatoms. The number of carboxylic acid groups (broad SMARTS) is 1. The lowest BCUT2D eigenvalue weighted by atomic mass is 9.62. The second kappa shape index (κ2) is 20.9. The summed E-state index contributed by atoms with van der Waals surface area (Å²) in [5.41, 5.74) is 14.3. The van der Waals surface area contributed by atoms with Crippen molar-refractivity contribution in [3.63, 3.8) is 0 Å². The third kappa shape index (κ3) is 11.5. The van der Waals surface area contributed by atoms with E-state index in [0.717, 1.165) is 34.3 Å². The molecule has 2 atom stereocenters. The summed E-state index contributed by atoms with van der Waals surface area (Å²) < 4.78 is 21.8. The molecule has 4 aromatic carbocycles. The largest absolute Gasteiger partial charge is 0.489 e. The van der Waals surface area contributed by atoms with Crippen LogP contribution < -0.4 is 9.47 Å². The van der Waals surface area contributed by atoms with Crippen molar-refractivity contribution in [1.82, 2.24) is 19.1 Å². The second-order valence-electron chi connectivity index (χ2n) is 24.5. The number of imidazole rings is 2. The van der Waals surface area contributed by atoms with Gasteiger partial charge in [0.25, 0.3) is 0 Å². The van der Waals surface area contributed by atoms with Gasteiger partial charge in [-0.05, 0) is 172 Å². The number of carbonyl (C=O) groups excluding carboxylic acids is 1. The van der Waals surface area contributed by atoms with Crippen molar-refractivity contribution in [3.8, 4) is 11.5 Å². The van der Waals surface area contributed by atoms with Crippen LogP contribution in [-0.2, 0) is 63.3 Å². The number of hydrogen-bond donors (Lipinski definition) is 1. The van der Waals surface area contributed by atoms with Gasteiger partial charge in [0, 0.05) is 38.9 Å². The van der Waals surface area contributed by atoms with Crippen LogP contribution in [0.3, 0.4) is 0 Å². The zero-order chi connectivity index (χ0) is 52.7. The lowest BCUT2D eigenvalue weighted by molar-refractivity contribution is -0.143. The van der Waals surface area contributed by atoms with Crippen molar-refractivity contribution >= 4 is 11.9 Å². The Balaban J connectivity index is 0.000000182. The molecule has 6 aromatic rings. The number of esters is 1. The molecule has 392 valence electrons. The van der Waals surface area contributed by atoms with E-state index in [-0.39, 0.29) is 52.3 Å². The topological polar surface area (TPSA) is 118 Å². The number of carboxylic acids is 1. The van der Waals surface area contributed by atoms with Crippen molar-refractivity contribution in [3.05, 3.63) is 165 Å². The number of aryl methyl sites for hydroxylation is 2. The summed E-state index contributed by atoms with van der Waals surface area (Å²) in [7, 11) is 3.85. The van der Waals surface area contributed by atoms with Crippen LogP contribution in [0.15, 0.2) is 97.6 Å². The Kier molecular flexibility index (Phi) is 14.9. The van der Waals surface area contributed by atoms with Crippen molar-refractivity contribution in [1.29, 1.82) is 0 Å². The highest BCUT2D eigenvalue weighted by atomic mass is 16.5. The minimum atomic E-state index is -0.838. The average molecular weight is 1000 g/mol. The Bertz CT molecular complexity index is 2970. The Morgan fingerprint density at radius 2 is 0.946 bits per heavy atom. The summed E-state index contributed by atoms with van der Waals surface area (Å²) in [4.78, 5) is 32.8. The molecule has 0 radical (unpaired) electrons. The summed E-state index contributed by atoms with van der Waals surface area (Å²) >= 11 is 0. The molecular weight excluding hydrogens is 921 g/mol. The molecule has 0 saturated heterocycles. The van der Waals surface area contributed by atoms with Gasteiger partial charge in [0.05, 0.1) is 31.3 Å². The quantitative estimate of drug-likeness (QED) is 0.0898. The van der Waals surface area contributed by atoms with Gasteiger partial charge in [0.1, 0.15) is 36.4 Å². The second-order valence-corrected chi connectivity index (χ2v) is 24.5. The number of hydrogen-bond acceptors (Lipinski definition) is 7. The lowest BCUT2D eigenvalue weighted by Gasteiger charge is -2.42. The zero-order valence-electron chi connectivity index (χ0n) is 46.0. The highest BCUT2D eigenvalue weighted by Crippen LogP contribution is 2.52. The molecule has 2 heterocycles. The molecule has 0 aliphatic heterocycles. The van der Waals surface area contributed by atoms with Gasteiger partial charge in [-0.3, -0.25) is 9.59 Å². The van der Waals surface area contributed by atoms with Crippen LogP contribution in [0.1, 0.15) is 217 Å². The molecule has 10 nitrogen and oxygen atoms in total. The van der Waals surface area contributed by atoms with Crippen LogP contribution >= 0.6 is 0 Å². The zero-order valence-corrected chi connectivity index (χ0v) is 46.0. The molecule has 2 fully saturated rings. The highest BCUT2D eigenvalue weighted by molar-refractivity contribution is 5.71. The van der Waals surface area contributed by atoms with E-state index in [4.69, 9.17) is 14.2 Å². The molecule has 0 amide bonds. The maximum atomic E-state index is 12.4. The van der Waals surface area contributed by atoms with Crippen LogP contribution in [0.25, 0.3) is 0 Å². The third-order valence-corrected chi connectivity index (χ3v) is 17.0. The molecule has 0 spiro atoms. The smallest absolute Gasteiger partial charge is 0.306 e. The van der Waals surface area contributed by atoms with E-state index in [9.17, 15) is 14.7 Å². The summed E-state index contributed by atoms with van der Waals surface area (Å²) in [5.74, 6) is 3.03. The number of carbonyl (C=O) groups is 2. The molecule has 2 saturated carbocycles. The summed E-state index contributed by atoms with van der Waals surface area (Å²) in [6.45, 7) is 22.4. The van der Waals surface area contributed by atoms with Gasteiger partial charge in [0.15, 0.2) is 0 Å². The molecule has 2 aromatic heterocycles. The van der Waals surface area contributed by atoms with Gasteiger partial charge in [-0.2, -0.15) is 0 Å². The summed E-state index contributed by atoms with van der Waals surface area (Å²) in [6.07, 6.45) is 17.4. The number of rotatable bonds is 17. The van der Waals surface area contributed by atoms with Gasteiger partial charge in [-0.15, -0.1) is 0 Å².